The molecule has 0 heterocycles. The average molecular weight is 637 g/mol. The molecule has 0 saturated carbocycles. The Bertz CT molecular complexity index is 1150. The highest BCUT2D eigenvalue weighted by Gasteiger charge is 2.38. The summed E-state index contributed by atoms with van der Waals surface area (Å²) < 4.78 is 42.7. The lowest BCUT2D eigenvalue weighted by Gasteiger charge is -2.37. The highest BCUT2D eigenvalue weighted by molar-refractivity contribution is 7.86. The van der Waals surface area contributed by atoms with Gasteiger partial charge in [-0.1, -0.05) is 181 Å². The number of rotatable bonds is 25. The first-order valence-electron chi connectivity index (χ1n) is 17.2. The summed E-state index contributed by atoms with van der Waals surface area (Å²) >= 11 is 0. The van der Waals surface area contributed by atoms with Gasteiger partial charge in [-0.3, -0.25) is 4.18 Å². The third kappa shape index (κ3) is 13.8. The van der Waals surface area contributed by atoms with Gasteiger partial charge in [-0.25, -0.2) is 0 Å². The van der Waals surface area contributed by atoms with Crippen molar-refractivity contribution in [2.24, 2.45) is 0 Å². The summed E-state index contributed by atoms with van der Waals surface area (Å²) in [6.07, 6.45) is 18.5. The van der Waals surface area contributed by atoms with Crippen molar-refractivity contribution in [2.45, 2.75) is 109 Å². The molecule has 0 aliphatic carbocycles. The van der Waals surface area contributed by atoms with Crippen molar-refractivity contribution in [1.29, 1.82) is 0 Å². The molecule has 3 rings (SSSR count). The van der Waals surface area contributed by atoms with Crippen LogP contribution in [-0.4, -0.2) is 40.6 Å². The van der Waals surface area contributed by atoms with Gasteiger partial charge in [0.05, 0.1) is 19.5 Å². The summed E-state index contributed by atoms with van der Waals surface area (Å²) in [7, 11) is -3.72. The number of hydrogen-bond acceptors (Lipinski definition) is 5. The minimum absolute atomic E-state index is 0.0322. The zero-order valence-electron chi connectivity index (χ0n) is 27.7. The molecular weight excluding hydrogens is 580 g/mol. The minimum Gasteiger partial charge on any atom is -0.379 e. The molecule has 45 heavy (non-hydrogen) atoms. The van der Waals surface area contributed by atoms with E-state index >= 15 is 0 Å². The van der Waals surface area contributed by atoms with Gasteiger partial charge in [0.1, 0.15) is 11.7 Å². The summed E-state index contributed by atoms with van der Waals surface area (Å²) in [6.45, 7) is 3.01. The first-order chi connectivity index (χ1) is 22.0. The molecule has 0 unspecified atom stereocenters. The van der Waals surface area contributed by atoms with Crippen LogP contribution in [0.2, 0.25) is 0 Å². The maximum absolute atomic E-state index is 12.2. The molecule has 0 aliphatic heterocycles. The van der Waals surface area contributed by atoms with E-state index in [1.165, 1.54) is 77.0 Å². The van der Waals surface area contributed by atoms with Crippen LogP contribution in [0.15, 0.2) is 91.0 Å². The van der Waals surface area contributed by atoms with Gasteiger partial charge < -0.3 is 9.47 Å². The fraction of sp³-hybridized carbons (Fsp3) is 0.538. The average Bonchev–Trinajstić information content (AvgIpc) is 3.05. The van der Waals surface area contributed by atoms with E-state index in [1.54, 1.807) is 0 Å². The van der Waals surface area contributed by atoms with E-state index in [0.717, 1.165) is 35.8 Å². The van der Waals surface area contributed by atoms with Crippen LogP contribution in [-0.2, 0) is 29.4 Å². The fourth-order valence-corrected chi connectivity index (χ4v) is 6.56. The molecule has 0 bridgehead atoms. The molecular formula is C39H56O5S. The molecule has 1 atom stereocenters. The lowest BCUT2D eigenvalue weighted by atomic mass is 9.80. The molecule has 6 heteroatoms. The van der Waals surface area contributed by atoms with E-state index < -0.39 is 21.8 Å². The molecule has 0 saturated heterocycles. The van der Waals surface area contributed by atoms with Crippen molar-refractivity contribution in [2.75, 3.05) is 26.1 Å². The Kier molecular flexibility index (Phi) is 17.5. The van der Waals surface area contributed by atoms with E-state index in [9.17, 15) is 8.42 Å². The molecule has 0 amide bonds. The molecule has 0 aromatic heterocycles. The SMILES string of the molecule is CCCCCCCCCCCCCCCCOC[C@@H](COC(c1ccccc1)(c1ccccc1)c1ccccc1)OS(C)(=O)=O. The Balaban J connectivity index is 1.50. The van der Waals surface area contributed by atoms with Crippen molar-refractivity contribution in [3.05, 3.63) is 108 Å². The molecule has 5 nitrogen and oxygen atoms in total. The van der Waals surface area contributed by atoms with Crippen LogP contribution in [0, 0.1) is 0 Å². The Morgan fingerprint density at radius 1 is 0.556 bits per heavy atom. The molecule has 0 N–H and O–H groups in total. The third-order valence-electron chi connectivity index (χ3n) is 8.28. The van der Waals surface area contributed by atoms with Crippen molar-refractivity contribution < 1.29 is 22.1 Å². The predicted molar refractivity (Wildman–Crippen MR) is 186 cm³/mol. The maximum Gasteiger partial charge on any atom is 0.264 e. The first kappa shape index (κ1) is 37.0. The quantitative estimate of drug-likeness (QED) is 0.0526. The summed E-state index contributed by atoms with van der Waals surface area (Å²) in [5.74, 6) is 0. The number of hydrogen-bond donors (Lipinski definition) is 0. The van der Waals surface area contributed by atoms with E-state index in [4.69, 9.17) is 13.7 Å². The lowest BCUT2D eigenvalue weighted by Crippen LogP contribution is -2.38. The van der Waals surface area contributed by atoms with Gasteiger partial charge in [0.15, 0.2) is 0 Å². The standard InChI is InChI=1S/C39H56O5S/c1-3-4-5-6-7-8-9-10-11-12-13-14-15-25-32-42-33-38(44-45(2,40)41)34-43-39(35-26-19-16-20-27-35,36-28-21-17-22-29-36)37-30-23-18-24-31-37/h16-24,26-31,38H,3-15,25,32-34H2,1-2H3/t38-/m0/s1. The smallest absolute Gasteiger partial charge is 0.264 e. The van der Waals surface area contributed by atoms with Crippen molar-refractivity contribution in [3.63, 3.8) is 0 Å². The highest BCUT2D eigenvalue weighted by Crippen LogP contribution is 2.40. The van der Waals surface area contributed by atoms with Gasteiger partial charge >= 0.3 is 0 Å². The Morgan fingerprint density at radius 2 is 0.933 bits per heavy atom. The van der Waals surface area contributed by atoms with Gasteiger partial charge in [0, 0.05) is 6.61 Å². The molecule has 0 fully saturated rings. The highest BCUT2D eigenvalue weighted by atomic mass is 32.2. The molecule has 0 radical (unpaired) electrons. The Morgan fingerprint density at radius 3 is 1.31 bits per heavy atom. The topological polar surface area (TPSA) is 61.8 Å². The van der Waals surface area contributed by atoms with E-state index in [2.05, 4.69) is 6.92 Å². The Hall–Kier alpha value is -2.51. The molecule has 0 aliphatic rings. The van der Waals surface area contributed by atoms with Crippen LogP contribution in [0.5, 0.6) is 0 Å². The summed E-state index contributed by atoms with van der Waals surface area (Å²) in [5.41, 5.74) is 1.88. The van der Waals surface area contributed by atoms with Crippen LogP contribution in [0.4, 0.5) is 0 Å². The van der Waals surface area contributed by atoms with Crippen LogP contribution < -0.4 is 0 Å². The van der Waals surface area contributed by atoms with E-state index in [0.29, 0.717) is 6.61 Å². The first-order valence-corrected chi connectivity index (χ1v) is 19.0. The summed E-state index contributed by atoms with van der Waals surface area (Å²) in [6, 6.07) is 30.1. The lowest BCUT2D eigenvalue weighted by molar-refractivity contribution is -0.0533. The molecule has 3 aromatic carbocycles. The van der Waals surface area contributed by atoms with Crippen LogP contribution in [0.25, 0.3) is 0 Å². The predicted octanol–water partition coefficient (Wildman–Crippen LogP) is 9.84. The number of ether oxygens (including phenoxy) is 2. The van der Waals surface area contributed by atoms with Crippen LogP contribution >= 0.6 is 0 Å². The monoisotopic (exact) mass is 636 g/mol. The van der Waals surface area contributed by atoms with Crippen LogP contribution in [0.1, 0.15) is 114 Å². The second-order valence-corrected chi connectivity index (χ2v) is 13.8. The third-order valence-corrected chi connectivity index (χ3v) is 8.91. The van der Waals surface area contributed by atoms with E-state index in [-0.39, 0.29) is 13.2 Å². The normalized spacial score (nSPS) is 12.8. The molecule has 0 spiro atoms. The number of unbranched alkanes of at least 4 members (excludes halogenated alkanes) is 13. The van der Waals surface area contributed by atoms with Crippen molar-refractivity contribution in [1.82, 2.24) is 0 Å². The summed E-state index contributed by atoms with van der Waals surface area (Å²) in [5, 5.41) is 0. The van der Waals surface area contributed by atoms with E-state index in [1.807, 2.05) is 91.0 Å². The second-order valence-electron chi connectivity index (χ2n) is 12.2. The van der Waals surface area contributed by atoms with Gasteiger partial charge in [-0.15, -0.1) is 0 Å². The second kappa shape index (κ2) is 21.3. The largest absolute Gasteiger partial charge is 0.379 e. The van der Waals surface area contributed by atoms with Crippen molar-refractivity contribution in [3.8, 4) is 0 Å². The van der Waals surface area contributed by atoms with Gasteiger partial charge in [-0.2, -0.15) is 8.42 Å². The number of benzene rings is 3. The fourth-order valence-electron chi connectivity index (χ4n) is 5.95. The van der Waals surface area contributed by atoms with Crippen LogP contribution in [0.3, 0.4) is 0 Å². The zero-order valence-corrected chi connectivity index (χ0v) is 28.5. The summed E-state index contributed by atoms with van der Waals surface area (Å²) in [4.78, 5) is 0. The van der Waals surface area contributed by atoms with Gasteiger partial charge in [0.25, 0.3) is 10.1 Å². The Labute approximate surface area is 273 Å². The molecule has 3 aromatic rings. The zero-order chi connectivity index (χ0) is 32.1. The maximum atomic E-state index is 12.2. The van der Waals surface area contributed by atoms with Gasteiger partial charge in [0.2, 0.25) is 0 Å². The minimum atomic E-state index is -3.72. The van der Waals surface area contributed by atoms with Crippen molar-refractivity contribution >= 4 is 10.1 Å². The molecule has 248 valence electrons. The van der Waals surface area contributed by atoms with Gasteiger partial charge in [-0.05, 0) is 23.1 Å².